The van der Waals surface area contributed by atoms with Crippen LogP contribution in [0.4, 0.5) is 0 Å². The third-order valence-corrected chi connectivity index (χ3v) is 11.4. The molecule has 0 bridgehead atoms. The Hall–Kier alpha value is -6.49. The first-order valence-corrected chi connectivity index (χ1v) is 18.1. The smallest absolute Gasteiger partial charge is 0.127 e. The lowest BCUT2D eigenvalue weighted by Crippen LogP contribution is -1.98. The van der Waals surface area contributed by atoms with Crippen molar-refractivity contribution in [3.63, 3.8) is 0 Å². The zero-order chi connectivity index (χ0) is 33.5. The number of thiazole rings is 1. The fourth-order valence-electron chi connectivity index (χ4n) is 8.05. The van der Waals surface area contributed by atoms with E-state index in [2.05, 4.69) is 185 Å². The van der Waals surface area contributed by atoms with E-state index in [9.17, 15) is 0 Å². The highest BCUT2D eigenvalue weighted by atomic mass is 32.1. The summed E-state index contributed by atoms with van der Waals surface area (Å²) < 4.78 is 6.09. The van der Waals surface area contributed by atoms with Crippen LogP contribution in [0.5, 0.6) is 0 Å². The molecule has 0 unspecified atom stereocenters. The van der Waals surface area contributed by atoms with E-state index < -0.39 is 0 Å². The van der Waals surface area contributed by atoms with Crippen LogP contribution in [0.3, 0.4) is 0 Å². The summed E-state index contributed by atoms with van der Waals surface area (Å²) in [7, 11) is 0. The van der Waals surface area contributed by atoms with Gasteiger partial charge in [-0.3, -0.25) is 0 Å². The number of aromatic nitrogens is 3. The third kappa shape index (κ3) is 4.27. The van der Waals surface area contributed by atoms with E-state index in [1.165, 1.54) is 70.2 Å². The fourth-order valence-corrected chi connectivity index (χ4v) is 9.09. The van der Waals surface area contributed by atoms with E-state index in [1.807, 2.05) is 0 Å². The van der Waals surface area contributed by atoms with Crippen LogP contribution in [0.25, 0.3) is 97.7 Å². The highest BCUT2D eigenvalue weighted by molar-refractivity contribution is 7.21. The summed E-state index contributed by atoms with van der Waals surface area (Å²) in [5.74, 6) is 0. The molecule has 3 heterocycles. The molecule has 11 rings (SSSR count). The molecule has 0 amide bonds. The van der Waals surface area contributed by atoms with Crippen LogP contribution in [-0.4, -0.2) is 14.1 Å². The zero-order valence-electron chi connectivity index (χ0n) is 27.5. The predicted octanol–water partition coefficient (Wildman–Crippen LogP) is 13.0. The van der Waals surface area contributed by atoms with Crippen LogP contribution >= 0.6 is 11.3 Å². The summed E-state index contributed by atoms with van der Waals surface area (Å²) >= 11 is 1.76. The van der Waals surface area contributed by atoms with Gasteiger partial charge in [-0.2, -0.15) is 0 Å². The second kappa shape index (κ2) is 11.0. The van der Waals surface area contributed by atoms with Gasteiger partial charge in [-0.25, -0.2) is 4.98 Å². The maximum atomic E-state index is 5.22. The van der Waals surface area contributed by atoms with E-state index in [1.54, 1.807) is 11.3 Å². The van der Waals surface area contributed by atoms with Crippen molar-refractivity contribution in [2.24, 2.45) is 0 Å². The molecule has 0 N–H and O–H groups in total. The Morgan fingerprint density at radius 3 is 1.75 bits per heavy atom. The average molecular weight is 668 g/mol. The normalized spacial score (nSPS) is 11.9. The summed E-state index contributed by atoms with van der Waals surface area (Å²) in [5.41, 5.74) is 11.7. The molecule has 0 aliphatic heterocycles. The van der Waals surface area contributed by atoms with Gasteiger partial charge in [0.15, 0.2) is 0 Å². The summed E-state index contributed by atoms with van der Waals surface area (Å²) in [4.78, 5) is 5.22. The van der Waals surface area contributed by atoms with Crippen molar-refractivity contribution in [3.05, 3.63) is 176 Å². The molecule has 0 fully saturated rings. The van der Waals surface area contributed by atoms with Gasteiger partial charge in [-0.05, 0) is 76.5 Å². The molecule has 0 spiro atoms. The Bertz CT molecular complexity index is 3090. The first-order valence-electron chi connectivity index (χ1n) is 17.3. The third-order valence-electron chi connectivity index (χ3n) is 10.4. The Labute approximate surface area is 297 Å². The molecule has 8 aromatic carbocycles. The first-order chi connectivity index (χ1) is 25.3. The Kier molecular flexibility index (Phi) is 6.12. The van der Waals surface area contributed by atoms with Gasteiger partial charge in [-0.15, -0.1) is 11.3 Å². The van der Waals surface area contributed by atoms with Crippen molar-refractivity contribution in [1.82, 2.24) is 14.1 Å². The van der Waals surface area contributed by atoms with Crippen molar-refractivity contribution in [1.29, 1.82) is 0 Å². The first kappa shape index (κ1) is 28.4. The van der Waals surface area contributed by atoms with E-state index in [0.717, 1.165) is 27.5 Å². The van der Waals surface area contributed by atoms with Crippen molar-refractivity contribution < 1.29 is 0 Å². The molecule has 3 aromatic heterocycles. The number of benzene rings is 8. The molecule has 4 heteroatoms. The Morgan fingerprint density at radius 1 is 0.412 bits per heavy atom. The van der Waals surface area contributed by atoms with Crippen molar-refractivity contribution in [3.8, 4) is 33.1 Å². The molecule has 0 saturated carbocycles. The van der Waals surface area contributed by atoms with Gasteiger partial charge in [0.05, 0.1) is 38.0 Å². The molecule has 0 aliphatic carbocycles. The topological polar surface area (TPSA) is 22.8 Å². The summed E-state index contributed by atoms with van der Waals surface area (Å²) in [6.07, 6.45) is 0. The van der Waals surface area contributed by atoms with Crippen LogP contribution in [-0.2, 0) is 0 Å². The summed E-state index contributed by atoms with van der Waals surface area (Å²) in [5, 5.41) is 8.38. The quantitative estimate of drug-likeness (QED) is 0.183. The number of fused-ring (bicyclic) bond motifs is 8. The van der Waals surface area contributed by atoms with Gasteiger partial charge in [0.25, 0.3) is 0 Å². The van der Waals surface area contributed by atoms with E-state index in [0.29, 0.717) is 0 Å². The number of nitrogens with zero attached hydrogens (tertiary/aromatic N) is 3. The van der Waals surface area contributed by atoms with Gasteiger partial charge in [0, 0.05) is 32.8 Å². The summed E-state index contributed by atoms with van der Waals surface area (Å²) in [6.45, 7) is 0. The van der Waals surface area contributed by atoms with Gasteiger partial charge in [-0.1, -0.05) is 121 Å². The second-order valence-electron chi connectivity index (χ2n) is 13.2. The molecule has 3 nitrogen and oxygen atoms in total. The highest BCUT2D eigenvalue weighted by Gasteiger charge is 2.22. The molecule has 11 aromatic rings. The lowest BCUT2D eigenvalue weighted by Gasteiger charge is -2.15. The molecule has 0 radical (unpaired) electrons. The van der Waals surface area contributed by atoms with Crippen molar-refractivity contribution in [2.45, 2.75) is 0 Å². The molecule has 0 aliphatic rings. The fraction of sp³-hybridized carbons (Fsp3) is 0. The predicted molar refractivity (Wildman–Crippen MR) is 217 cm³/mol. The largest absolute Gasteiger partial charge is 0.309 e. The number of hydrogen-bond acceptors (Lipinski definition) is 2. The van der Waals surface area contributed by atoms with Crippen LogP contribution in [0, 0.1) is 0 Å². The standard InChI is InChI=1S/C47H29N3S/c1-2-12-30(13-3-1)31-22-25-33(26-23-31)49-40-19-9-6-16-35(40)37-29-44-38(28-43(37)49)36-17-7-10-20-41(36)50(44)42-27-24-32-14-4-5-15-34(32)46(42)47-48-39-18-8-11-21-45(39)51-47/h1-29H. The van der Waals surface area contributed by atoms with Crippen LogP contribution in [0.2, 0.25) is 0 Å². The number of para-hydroxylation sites is 3. The zero-order valence-corrected chi connectivity index (χ0v) is 28.3. The SMILES string of the molecule is c1ccc(-c2ccc(-n3c4ccccc4c4cc5c(cc43)c3ccccc3n5-c3ccc4ccccc4c3-c3nc4ccccc4s3)cc2)cc1. The molecule has 0 saturated heterocycles. The van der Waals surface area contributed by atoms with Gasteiger partial charge in [0.1, 0.15) is 5.01 Å². The lowest BCUT2D eigenvalue weighted by molar-refractivity contribution is 1.18. The molecular weight excluding hydrogens is 639 g/mol. The van der Waals surface area contributed by atoms with Gasteiger partial charge < -0.3 is 9.13 Å². The minimum atomic E-state index is 1.03. The lowest BCUT2D eigenvalue weighted by atomic mass is 10.0. The highest BCUT2D eigenvalue weighted by Crippen LogP contribution is 2.44. The maximum Gasteiger partial charge on any atom is 0.127 e. The van der Waals surface area contributed by atoms with Crippen molar-refractivity contribution >= 4 is 75.9 Å². The van der Waals surface area contributed by atoms with E-state index in [4.69, 9.17) is 4.98 Å². The maximum absolute atomic E-state index is 5.22. The van der Waals surface area contributed by atoms with Crippen molar-refractivity contribution in [2.75, 3.05) is 0 Å². The molecule has 0 atom stereocenters. The molecule has 51 heavy (non-hydrogen) atoms. The Morgan fingerprint density at radius 2 is 1.00 bits per heavy atom. The minimum absolute atomic E-state index is 1.03. The van der Waals surface area contributed by atoms with E-state index >= 15 is 0 Å². The average Bonchev–Trinajstić information content (AvgIpc) is 3.87. The number of rotatable bonds is 4. The molecule has 238 valence electrons. The van der Waals surface area contributed by atoms with Crippen LogP contribution < -0.4 is 0 Å². The number of hydrogen-bond donors (Lipinski definition) is 0. The van der Waals surface area contributed by atoms with Gasteiger partial charge >= 0.3 is 0 Å². The monoisotopic (exact) mass is 667 g/mol. The van der Waals surface area contributed by atoms with E-state index in [-0.39, 0.29) is 0 Å². The molecular formula is C47H29N3S. The van der Waals surface area contributed by atoms with Crippen LogP contribution in [0.1, 0.15) is 0 Å². The summed E-state index contributed by atoms with van der Waals surface area (Å²) in [6, 6.07) is 63.7. The Balaban J connectivity index is 1.22. The second-order valence-corrected chi connectivity index (χ2v) is 14.2. The van der Waals surface area contributed by atoms with Crippen LogP contribution in [0.15, 0.2) is 176 Å². The van der Waals surface area contributed by atoms with Gasteiger partial charge in [0.2, 0.25) is 0 Å². The minimum Gasteiger partial charge on any atom is -0.309 e.